The number of hydrogen-bond donors (Lipinski definition) is 0. The highest BCUT2D eigenvalue weighted by atomic mass is 32.2. The van der Waals surface area contributed by atoms with Gasteiger partial charge in [-0.05, 0) is 22.9 Å². The zero-order valence-corrected chi connectivity index (χ0v) is 12.7. The minimum atomic E-state index is 0.472. The Morgan fingerprint density at radius 2 is 1.25 bits per heavy atom. The van der Waals surface area contributed by atoms with Crippen LogP contribution in [0.5, 0.6) is 0 Å². The van der Waals surface area contributed by atoms with E-state index in [1.807, 2.05) is 23.5 Å². The van der Waals surface area contributed by atoms with Crippen LogP contribution in [0.25, 0.3) is 10.8 Å². The maximum Gasteiger partial charge on any atom is 0.0903 e. The van der Waals surface area contributed by atoms with Crippen LogP contribution in [0.4, 0.5) is 0 Å². The van der Waals surface area contributed by atoms with E-state index in [2.05, 4.69) is 36.4 Å². The number of epoxide rings is 2. The molecule has 0 saturated carbocycles. The molecule has 0 amide bonds. The summed E-state index contributed by atoms with van der Waals surface area (Å²) in [6.07, 6.45) is 0.944. The Morgan fingerprint density at radius 3 is 1.65 bits per heavy atom. The van der Waals surface area contributed by atoms with Crippen LogP contribution < -0.4 is 0 Å². The van der Waals surface area contributed by atoms with Gasteiger partial charge < -0.3 is 9.47 Å². The summed E-state index contributed by atoms with van der Waals surface area (Å²) in [5.74, 6) is 2.12. The van der Waals surface area contributed by atoms with Gasteiger partial charge in [0.15, 0.2) is 0 Å². The summed E-state index contributed by atoms with van der Waals surface area (Å²) < 4.78 is 10.6. The molecular weight excluding hydrogens is 288 g/mol. The van der Waals surface area contributed by atoms with E-state index in [9.17, 15) is 0 Å². The van der Waals surface area contributed by atoms with Crippen LogP contribution in [0.1, 0.15) is 0 Å². The van der Waals surface area contributed by atoms with E-state index in [1.165, 1.54) is 20.6 Å². The third-order valence-corrected chi connectivity index (χ3v) is 5.91. The lowest BCUT2D eigenvalue weighted by Gasteiger charge is -2.09. The number of thioether (sulfide) groups is 2. The molecule has 4 heteroatoms. The van der Waals surface area contributed by atoms with Crippen molar-refractivity contribution >= 4 is 34.3 Å². The van der Waals surface area contributed by atoms with Crippen LogP contribution >= 0.6 is 23.5 Å². The maximum atomic E-state index is 5.30. The highest BCUT2D eigenvalue weighted by Crippen LogP contribution is 2.36. The molecule has 2 unspecified atom stereocenters. The Balaban J connectivity index is 1.60. The average molecular weight is 304 g/mol. The Hall–Kier alpha value is -0.680. The van der Waals surface area contributed by atoms with Crippen LogP contribution in [-0.4, -0.2) is 36.9 Å². The molecule has 2 fully saturated rings. The van der Waals surface area contributed by atoms with E-state index in [0.717, 1.165) is 24.7 Å². The number of ether oxygens (including phenoxy) is 2. The van der Waals surface area contributed by atoms with Crippen molar-refractivity contribution < 1.29 is 9.47 Å². The van der Waals surface area contributed by atoms with Gasteiger partial charge in [-0.15, -0.1) is 23.5 Å². The van der Waals surface area contributed by atoms with Gasteiger partial charge in [0.05, 0.1) is 25.4 Å². The topological polar surface area (TPSA) is 25.1 Å². The lowest BCUT2D eigenvalue weighted by Crippen LogP contribution is -1.91. The molecule has 2 aromatic carbocycles. The molecule has 0 spiro atoms. The zero-order chi connectivity index (χ0) is 13.4. The van der Waals surface area contributed by atoms with Crippen LogP contribution in [0, 0.1) is 0 Å². The smallest absolute Gasteiger partial charge is 0.0903 e. The summed E-state index contributed by atoms with van der Waals surface area (Å²) in [7, 11) is 0. The van der Waals surface area contributed by atoms with Crippen molar-refractivity contribution in [3.05, 3.63) is 36.4 Å². The molecule has 0 bridgehead atoms. The summed E-state index contributed by atoms with van der Waals surface area (Å²) >= 11 is 3.81. The standard InChI is InChI=1S/C16H16O2S2/c1-3-13-14(15(5-1)19-9-11-7-17-11)4-2-6-16(13)20-10-12-8-18-12/h1-6,11-12H,7-10H2. The van der Waals surface area contributed by atoms with Gasteiger partial charge in [-0.1, -0.05) is 24.3 Å². The minimum Gasteiger partial charge on any atom is -0.372 e. The first-order valence-electron chi connectivity index (χ1n) is 6.91. The minimum absolute atomic E-state index is 0.472. The molecule has 0 N–H and O–H groups in total. The Kier molecular flexibility index (Phi) is 3.65. The number of rotatable bonds is 6. The van der Waals surface area contributed by atoms with Crippen LogP contribution in [0.3, 0.4) is 0 Å². The Bertz CT molecular complexity index is 566. The summed E-state index contributed by atoms with van der Waals surface area (Å²) in [6.45, 7) is 1.86. The molecule has 2 aliphatic heterocycles. The number of hydrogen-bond acceptors (Lipinski definition) is 4. The van der Waals surface area contributed by atoms with Gasteiger partial charge in [-0.3, -0.25) is 0 Å². The summed E-state index contributed by atoms with van der Waals surface area (Å²) in [4.78, 5) is 2.73. The summed E-state index contributed by atoms with van der Waals surface area (Å²) in [6, 6.07) is 13.2. The molecule has 2 saturated heterocycles. The first-order valence-corrected chi connectivity index (χ1v) is 8.88. The zero-order valence-electron chi connectivity index (χ0n) is 11.1. The molecule has 4 rings (SSSR count). The van der Waals surface area contributed by atoms with Crippen molar-refractivity contribution in [1.82, 2.24) is 0 Å². The maximum absolute atomic E-state index is 5.30. The third kappa shape index (κ3) is 2.98. The monoisotopic (exact) mass is 304 g/mol. The molecule has 2 aliphatic rings. The highest BCUT2D eigenvalue weighted by Gasteiger charge is 2.23. The van der Waals surface area contributed by atoms with Gasteiger partial charge in [0.1, 0.15) is 0 Å². The average Bonchev–Trinajstić information content (AvgIpc) is 3.37. The van der Waals surface area contributed by atoms with Crippen molar-refractivity contribution in [1.29, 1.82) is 0 Å². The Labute approximate surface area is 127 Å². The van der Waals surface area contributed by atoms with Crippen LogP contribution in [0.15, 0.2) is 46.2 Å². The summed E-state index contributed by atoms with van der Waals surface area (Å²) in [5, 5.41) is 2.72. The van der Waals surface area contributed by atoms with Gasteiger partial charge in [-0.25, -0.2) is 0 Å². The second kappa shape index (κ2) is 5.60. The number of benzene rings is 2. The van der Waals surface area contributed by atoms with E-state index in [1.54, 1.807) is 0 Å². The third-order valence-electron chi connectivity index (χ3n) is 3.50. The lowest BCUT2D eigenvalue weighted by molar-refractivity contribution is 0.426. The van der Waals surface area contributed by atoms with Crippen molar-refractivity contribution in [2.24, 2.45) is 0 Å². The lowest BCUT2D eigenvalue weighted by atomic mass is 10.1. The van der Waals surface area contributed by atoms with E-state index in [0.29, 0.717) is 12.2 Å². The Morgan fingerprint density at radius 1 is 0.800 bits per heavy atom. The molecular formula is C16H16O2S2. The first-order chi connectivity index (χ1) is 9.90. The van der Waals surface area contributed by atoms with Crippen molar-refractivity contribution in [3.8, 4) is 0 Å². The second-order valence-electron chi connectivity index (χ2n) is 5.14. The van der Waals surface area contributed by atoms with Crippen LogP contribution in [0.2, 0.25) is 0 Å². The molecule has 2 atom stereocenters. The van der Waals surface area contributed by atoms with Crippen molar-refractivity contribution in [3.63, 3.8) is 0 Å². The molecule has 0 aromatic heterocycles. The van der Waals surface area contributed by atoms with Crippen molar-refractivity contribution in [2.75, 3.05) is 24.7 Å². The quantitative estimate of drug-likeness (QED) is 0.598. The van der Waals surface area contributed by atoms with E-state index in [-0.39, 0.29) is 0 Å². The van der Waals surface area contributed by atoms with Gasteiger partial charge >= 0.3 is 0 Å². The van der Waals surface area contributed by atoms with Gasteiger partial charge in [0, 0.05) is 21.3 Å². The predicted octanol–water partition coefficient (Wildman–Crippen LogP) is 3.82. The number of fused-ring (bicyclic) bond motifs is 1. The molecule has 2 nitrogen and oxygen atoms in total. The van der Waals surface area contributed by atoms with Crippen molar-refractivity contribution in [2.45, 2.75) is 22.0 Å². The molecule has 0 aliphatic carbocycles. The second-order valence-corrected chi connectivity index (χ2v) is 7.26. The van der Waals surface area contributed by atoms with Crippen LogP contribution in [-0.2, 0) is 9.47 Å². The summed E-state index contributed by atoms with van der Waals surface area (Å²) in [5.41, 5.74) is 0. The molecule has 2 aromatic rings. The highest BCUT2D eigenvalue weighted by molar-refractivity contribution is 8.00. The van der Waals surface area contributed by atoms with E-state index in [4.69, 9.17) is 9.47 Å². The predicted molar refractivity (Wildman–Crippen MR) is 84.9 cm³/mol. The normalized spacial score (nSPS) is 24.0. The first kappa shape index (κ1) is 13.0. The molecule has 20 heavy (non-hydrogen) atoms. The fourth-order valence-corrected chi connectivity index (χ4v) is 4.33. The largest absolute Gasteiger partial charge is 0.372 e. The fraction of sp³-hybridized carbons (Fsp3) is 0.375. The molecule has 0 radical (unpaired) electrons. The SMILES string of the molecule is c1cc(SCC2CO2)c2cccc(SCC3CO3)c2c1. The van der Waals surface area contributed by atoms with Gasteiger partial charge in [0.25, 0.3) is 0 Å². The fourth-order valence-electron chi connectivity index (χ4n) is 2.20. The molecule has 2 heterocycles. The van der Waals surface area contributed by atoms with Gasteiger partial charge in [-0.2, -0.15) is 0 Å². The molecule has 104 valence electrons. The van der Waals surface area contributed by atoms with Gasteiger partial charge in [0.2, 0.25) is 0 Å². The van der Waals surface area contributed by atoms with E-state index >= 15 is 0 Å². The van der Waals surface area contributed by atoms with E-state index < -0.39 is 0 Å².